The maximum Gasteiger partial charge on any atom is 0.219 e. The molecule has 1 rings (SSSR count). The Kier molecular flexibility index (Phi) is 6.52. The van der Waals surface area contributed by atoms with E-state index in [9.17, 15) is 4.79 Å². The summed E-state index contributed by atoms with van der Waals surface area (Å²) in [4.78, 5) is 15.6. The molecule has 0 aromatic carbocycles. The second-order valence-electron chi connectivity index (χ2n) is 5.12. The Hall–Kier alpha value is -0.610. The van der Waals surface area contributed by atoms with Gasteiger partial charge in [-0.1, -0.05) is 13.8 Å². The van der Waals surface area contributed by atoms with Gasteiger partial charge in [0.05, 0.1) is 0 Å². The fourth-order valence-corrected chi connectivity index (χ4v) is 2.28. The van der Waals surface area contributed by atoms with Crippen LogP contribution in [-0.2, 0) is 4.79 Å². The molecule has 100 valence electrons. The van der Waals surface area contributed by atoms with Gasteiger partial charge in [-0.15, -0.1) is 0 Å². The van der Waals surface area contributed by atoms with Gasteiger partial charge in [0.1, 0.15) is 0 Å². The zero-order valence-electron chi connectivity index (χ0n) is 11.5. The lowest BCUT2D eigenvalue weighted by Gasteiger charge is -2.35. The van der Waals surface area contributed by atoms with Crippen molar-refractivity contribution >= 4 is 5.91 Å². The molecule has 0 bridgehead atoms. The number of hydrogen-bond acceptors (Lipinski definition) is 3. The van der Waals surface area contributed by atoms with Crippen molar-refractivity contribution in [2.45, 2.75) is 27.2 Å². The summed E-state index contributed by atoms with van der Waals surface area (Å²) in [6.07, 6.45) is 1.20. The van der Waals surface area contributed by atoms with E-state index in [0.29, 0.717) is 5.92 Å². The predicted octanol–water partition coefficient (Wildman–Crippen LogP) is 0.786. The van der Waals surface area contributed by atoms with Gasteiger partial charge in [0.15, 0.2) is 0 Å². The number of nitrogens with zero attached hydrogens (tertiary/aromatic N) is 2. The monoisotopic (exact) mass is 241 g/mol. The Bertz CT molecular complexity index is 225. The number of amides is 1. The average Bonchev–Trinajstić information content (AvgIpc) is 2.30. The zero-order chi connectivity index (χ0) is 12.7. The highest BCUT2D eigenvalue weighted by atomic mass is 16.2. The molecule has 1 atom stereocenters. The SMILES string of the molecule is CCCNCC(C)CN1CCN(C(C)=O)CC1. The van der Waals surface area contributed by atoms with E-state index < -0.39 is 0 Å². The highest BCUT2D eigenvalue weighted by Crippen LogP contribution is 2.05. The fourth-order valence-electron chi connectivity index (χ4n) is 2.28. The van der Waals surface area contributed by atoms with Crippen LogP contribution >= 0.6 is 0 Å². The average molecular weight is 241 g/mol. The van der Waals surface area contributed by atoms with E-state index in [1.807, 2.05) is 4.90 Å². The minimum absolute atomic E-state index is 0.210. The third kappa shape index (κ3) is 5.50. The number of carbonyl (C=O) groups excluding carboxylic acids is 1. The van der Waals surface area contributed by atoms with E-state index in [2.05, 4.69) is 24.1 Å². The van der Waals surface area contributed by atoms with Crippen molar-refractivity contribution in [2.24, 2.45) is 5.92 Å². The Balaban J connectivity index is 2.14. The molecule has 1 N–H and O–H groups in total. The minimum atomic E-state index is 0.210. The van der Waals surface area contributed by atoms with Crippen LogP contribution in [0.4, 0.5) is 0 Å². The van der Waals surface area contributed by atoms with Crippen LogP contribution in [0, 0.1) is 5.92 Å². The smallest absolute Gasteiger partial charge is 0.219 e. The second-order valence-corrected chi connectivity index (χ2v) is 5.12. The van der Waals surface area contributed by atoms with Gasteiger partial charge in [-0.25, -0.2) is 0 Å². The molecule has 0 radical (unpaired) electrons. The topological polar surface area (TPSA) is 35.6 Å². The molecule has 17 heavy (non-hydrogen) atoms. The molecule has 1 aliphatic rings. The van der Waals surface area contributed by atoms with Crippen LogP contribution in [0.15, 0.2) is 0 Å². The summed E-state index contributed by atoms with van der Waals surface area (Å²) in [5.41, 5.74) is 0. The maximum absolute atomic E-state index is 11.2. The van der Waals surface area contributed by atoms with E-state index in [4.69, 9.17) is 0 Å². The number of carbonyl (C=O) groups is 1. The first-order chi connectivity index (χ1) is 8.13. The maximum atomic E-state index is 11.2. The largest absolute Gasteiger partial charge is 0.340 e. The van der Waals surface area contributed by atoms with Crippen LogP contribution in [0.25, 0.3) is 0 Å². The summed E-state index contributed by atoms with van der Waals surface area (Å²) in [7, 11) is 0. The lowest BCUT2D eigenvalue weighted by molar-refractivity contribution is -0.130. The standard InChI is InChI=1S/C13H27N3O/c1-4-5-14-10-12(2)11-15-6-8-16(9-7-15)13(3)17/h12,14H,4-11H2,1-3H3. The molecule has 1 saturated heterocycles. The van der Waals surface area contributed by atoms with E-state index >= 15 is 0 Å². The molecule has 4 nitrogen and oxygen atoms in total. The summed E-state index contributed by atoms with van der Waals surface area (Å²) in [5, 5.41) is 3.46. The molecule has 1 unspecified atom stereocenters. The summed E-state index contributed by atoms with van der Waals surface area (Å²) in [5.74, 6) is 0.896. The Morgan fingerprint density at radius 3 is 2.47 bits per heavy atom. The second kappa shape index (κ2) is 7.67. The molecule has 0 aromatic rings. The Morgan fingerprint density at radius 1 is 1.29 bits per heavy atom. The molecule has 4 heteroatoms. The molecule has 1 fully saturated rings. The Labute approximate surface area is 105 Å². The number of hydrogen-bond donors (Lipinski definition) is 1. The van der Waals surface area contributed by atoms with E-state index in [1.165, 1.54) is 6.42 Å². The van der Waals surface area contributed by atoms with Crippen LogP contribution in [0.3, 0.4) is 0 Å². The van der Waals surface area contributed by atoms with Crippen molar-refractivity contribution in [3.8, 4) is 0 Å². The quantitative estimate of drug-likeness (QED) is 0.698. The first-order valence-electron chi connectivity index (χ1n) is 6.82. The van der Waals surface area contributed by atoms with E-state index in [0.717, 1.165) is 45.8 Å². The van der Waals surface area contributed by atoms with Gasteiger partial charge in [0.25, 0.3) is 0 Å². The van der Waals surface area contributed by atoms with Gasteiger partial charge < -0.3 is 10.2 Å². The summed E-state index contributed by atoms with van der Waals surface area (Å²) in [6.45, 7) is 13.3. The third-order valence-electron chi connectivity index (χ3n) is 3.31. The van der Waals surface area contributed by atoms with Crippen molar-refractivity contribution in [3.63, 3.8) is 0 Å². The van der Waals surface area contributed by atoms with Crippen LogP contribution in [0.2, 0.25) is 0 Å². The third-order valence-corrected chi connectivity index (χ3v) is 3.31. The zero-order valence-corrected chi connectivity index (χ0v) is 11.5. The van der Waals surface area contributed by atoms with E-state index in [1.54, 1.807) is 6.92 Å². The van der Waals surface area contributed by atoms with Crippen LogP contribution in [0.1, 0.15) is 27.2 Å². The molecular weight excluding hydrogens is 214 g/mol. The lowest BCUT2D eigenvalue weighted by Crippen LogP contribution is -2.49. The van der Waals surface area contributed by atoms with E-state index in [-0.39, 0.29) is 5.91 Å². The highest BCUT2D eigenvalue weighted by Gasteiger charge is 2.19. The van der Waals surface area contributed by atoms with Crippen LogP contribution < -0.4 is 5.32 Å². The van der Waals surface area contributed by atoms with Gasteiger partial charge in [-0.3, -0.25) is 9.69 Å². The molecule has 0 saturated carbocycles. The summed E-state index contributed by atoms with van der Waals surface area (Å²) in [6, 6.07) is 0. The van der Waals surface area contributed by atoms with Gasteiger partial charge in [-0.05, 0) is 25.4 Å². The van der Waals surface area contributed by atoms with Crippen molar-refractivity contribution in [1.29, 1.82) is 0 Å². The predicted molar refractivity (Wildman–Crippen MR) is 71.0 cm³/mol. The fraction of sp³-hybridized carbons (Fsp3) is 0.923. The molecule has 0 spiro atoms. The molecule has 1 heterocycles. The van der Waals surface area contributed by atoms with Crippen LogP contribution in [-0.4, -0.2) is 61.5 Å². The first kappa shape index (κ1) is 14.5. The molecule has 0 aromatic heterocycles. The minimum Gasteiger partial charge on any atom is -0.340 e. The van der Waals surface area contributed by atoms with Crippen molar-refractivity contribution in [3.05, 3.63) is 0 Å². The van der Waals surface area contributed by atoms with Crippen molar-refractivity contribution in [1.82, 2.24) is 15.1 Å². The summed E-state index contributed by atoms with van der Waals surface area (Å²) >= 11 is 0. The van der Waals surface area contributed by atoms with Gasteiger partial charge in [0, 0.05) is 39.6 Å². The van der Waals surface area contributed by atoms with Gasteiger partial charge in [-0.2, -0.15) is 0 Å². The first-order valence-corrected chi connectivity index (χ1v) is 6.82. The lowest BCUT2D eigenvalue weighted by atomic mass is 10.1. The summed E-state index contributed by atoms with van der Waals surface area (Å²) < 4.78 is 0. The van der Waals surface area contributed by atoms with Crippen molar-refractivity contribution < 1.29 is 4.79 Å². The molecular formula is C13H27N3O. The normalized spacial score (nSPS) is 19.4. The van der Waals surface area contributed by atoms with Crippen molar-refractivity contribution in [2.75, 3.05) is 45.8 Å². The molecule has 1 aliphatic heterocycles. The van der Waals surface area contributed by atoms with Crippen LogP contribution in [0.5, 0.6) is 0 Å². The number of piperazine rings is 1. The number of rotatable bonds is 6. The Morgan fingerprint density at radius 2 is 1.94 bits per heavy atom. The molecule has 1 amide bonds. The van der Waals surface area contributed by atoms with Gasteiger partial charge in [0.2, 0.25) is 5.91 Å². The number of nitrogens with one attached hydrogen (secondary N) is 1. The highest BCUT2D eigenvalue weighted by molar-refractivity contribution is 5.73. The van der Waals surface area contributed by atoms with Gasteiger partial charge >= 0.3 is 0 Å². The molecule has 0 aliphatic carbocycles.